The summed E-state index contributed by atoms with van der Waals surface area (Å²) in [5.74, 6) is 1.09. The van der Waals surface area contributed by atoms with Crippen molar-refractivity contribution in [2.75, 3.05) is 40.3 Å². The molecule has 4 nitrogen and oxygen atoms in total. The summed E-state index contributed by atoms with van der Waals surface area (Å²) in [6.07, 6.45) is 9.65. The number of hydrogen-bond donors (Lipinski definition) is 1. The molecule has 1 heterocycles. The minimum absolute atomic E-state index is 0.810. The van der Waals surface area contributed by atoms with Crippen LogP contribution < -0.4 is 5.32 Å². The van der Waals surface area contributed by atoms with Gasteiger partial charge in [0.15, 0.2) is 5.96 Å². The summed E-state index contributed by atoms with van der Waals surface area (Å²) in [4.78, 5) is 9.30. The second kappa shape index (κ2) is 7.73. The van der Waals surface area contributed by atoms with E-state index in [4.69, 9.17) is 0 Å². The highest BCUT2D eigenvalue weighted by Crippen LogP contribution is 2.21. The molecule has 1 saturated carbocycles. The predicted octanol–water partition coefficient (Wildman–Crippen LogP) is 1.92. The summed E-state index contributed by atoms with van der Waals surface area (Å²) in [5.41, 5.74) is 0. The number of nitrogens with zero attached hydrogens (tertiary/aromatic N) is 3. The van der Waals surface area contributed by atoms with E-state index in [2.05, 4.69) is 27.2 Å². The van der Waals surface area contributed by atoms with Gasteiger partial charge >= 0.3 is 0 Å². The van der Waals surface area contributed by atoms with Crippen LogP contribution in [-0.2, 0) is 0 Å². The number of rotatable bonds is 4. The first-order valence-electron chi connectivity index (χ1n) is 7.97. The highest BCUT2D eigenvalue weighted by Gasteiger charge is 2.18. The Morgan fingerprint density at radius 2 is 1.84 bits per heavy atom. The molecule has 4 heteroatoms. The van der Waals surface area contributed by atoms with Gasteiger partial charge in [0.05, 0.1) is 0 Å². The number of hydrogen-bond acceptors (Lipinski definition) is 2. The van der Waals surface area contributed by atoms with E-state index in [9.17, 15) is 0 Å². The van der Waals surface area contributed by atoms with Gasteiger partial charge in [0.1, 0.15) is 0 Å². The van der Waals surface area contributed by atoms with Gasteiger partial charge in [0, 0.05) is 39.3 Å². The summed E-state index contributed by atoms with van der Waals surface area (Å²) in [7, 11) is 4.17. The number of aliphatic imine (C=N–C) groups is 1. The highest BCUT2D eigenvalue weighted by molar-refractivity contribution is 5.80. The molecule has 1 N–H and O–H groups in total. The molecule has 0 bridgehead atoms. The van der Waals surface area contributed by atoms with Gasteiger partial charge in [0.25, 0.3) is 0 Å². The molecule has 2 fully saturated rings. The highest BCUT2D eigenvalue weighted by atomic mass is 15.3. The van der Waals surface area contributed by atoms with Gasteiger partial charge in [0.2, 0.25) is 0 Å². The molecule has 1 saturated heterocycles. The van der Waals surface area contributed by atoms with Gasteiger partial charge in [-0.15, -0.1) is 0 Å². The molecule has 0 amide bonds. The fraction of sp³-hybridized carbons (Fsp3) is 0.933. The van der Waals surface area contributed by atoms with Gasteiger partial charge in [-0.25, -0.2) is 0 Å². The Hall–Kier alpha value is -0.770. The maximum atomic E-state index is 4.39. The first-order valence-corrected chi connectivity index (χ1v) is 7.97. The van der Waals surface area contributed by atoms with Crippen molar-refractivity contribution in [3.05, 3.63) is 0 Å². The van der Waals surface area contributed by atoms with Gasteiger partial charge in [-0.05, 0) is 32.7 Å². The second-order valence-electron chi connectivity index (χ2n) is 5.94. The molecule has 0 atom stereocenters. The minimum atomic E-state index is 0.810. The van der Waals surface area contributed by atoms with Gasteiger partial charge in [-0.3, -0.25) is 4.99 Å². The van der Waals surface area contributed by atoms with Gasteiger partial charge in [-0.2, -0.15) is 0 Å². The lowest BCUT2D eigenvalue weighted by Crippen LogP contribution is -2.44. The van der Waals surface area contributed by atoms with Crippen LogP contribution in [0.3, 0.4) is 0 Å². The first-order chi connectivity index (χ1) is 9.31. The fourth-order valence-electron chi connectivity index (χ4n) is 3.31. The van der Waals surface area contributed by atoms with Crippen LogP contribution in [0, 0.1) is 0 Å². The number of nitrogens with one attached hydrogen (secondary N) is 1. The van der Waals surface area contributed by atoms with Crippen LogP contribution in [0.2, 0.25) is 0 Å². The Balaban J connectivity index is 1.66. The van der Waals surface area contributed by atoms with Gasteiger partial charge in [-0.1, -0.05) is 19.3 Å². The molecule has 1 aliphatic heterocycles. The van der Waals surface area contributed by atoms with Crippen LogP contribution in [0.4, 0.5) is 0 Å². The zero-order valence-corrected chi connectivity index (χ0v) is 12.7. The molecule has 0 spiro atoms. The summed E-state index contributed by atoms with van der Waals surface area (Å²) >= 11 is 0. The van der Waals surface area contributed by atoms with Crippen LogP contribution in [0.25, 0.3) is 0 Å². The fourth-order valence-corrected chi connectivity index (χ4v) is 3.31. The number of likely N-dealkylation sites (N-methyl/N-ethyl adjacent to an activating group) is 1. The topological polar surface area (TPSA) is 30.9 Å². The van der Waals surface area contributed by atoms with Crippen LogP contribution in [0.15, 0.2) is 4.99 Å². The van der Waals surface area contributed by atoms with E-state index in [1.807, 2.05) is 7.05 Å². The molecular formula is C15H30N4. The van der Waals surface area contributed by atoms with E-state index in [-0.39, 0.29) is 0 Å². The van der Waals surface area contributed by atoms with Crippen LogP contribution in [0.1, 0.15) is 44.9 Å². The van der Waals surface area contributed by atoms with E-state index in [1.165, 1.54) is 44.9 Å². The van der Waals surface area contributed by atoms with Crippen molar-refractivity contribution in [3.8, 4) is 0 Å². The first kappa shape index (κ1) is 14.6. The third-order valence-electron chi connectivity index (χ3n) is 4.56. The van der Waals surface area contributed by atoms with Gasteiger partial charge < -0.3 is 15.1 Å². The molecule has 2 aliphatic rings. The summed E-state index contributed by atoms with van der Waals surface area (Å²) in [6, 6.07) is 0.810. The quantitative estimate of drug-likeness (QED) is 0.623. The minimum Gasteiger partial charge on any atom is -0.355 e. The average Bonchev–Trinajstić information content (AvgIpc) is 2.98. The van der Waals surface area contributed by atoms with Crippen molar-refractivity contribution in [2.45, 2.75) is 51.0 Å². The summed E-state index contributed by atoms with van der Waals surface area (Å²) < 4.78 is 0. The van der Waals surface area contributed by atoms with E-state index in [0.717, 1.165) is 38.2 Å². The Kier molecular flexibility index (Phi) is 5.95. The third kappa shape index (κ3) is 4.37. The predicted molar refractivity (Wildman–Crippen MR) is 81.7 cm³/mol. The zero-order chi connectivity index (χ0) is 13.5. The molecule has 0 radical (unpaired) electrons. The van der Waals surface area contributed by atoms with Crippen molar-refractivity contribution < 1.29 is 0 Å². The lowest BCUT2D eigenvalue weighted by molar-refractivity contribution is 0.194. The van der Waals surface area contributed by atoms with E-state index < -0.39 is 0 Å². The number of guanidine groups is 1. The normalized spacial score (nSPS) is 22.3. The molecule has 110 valence electrons. The Morgan fingerprint density at radius 1 is 1.16 bits per heavy atom. The van der Waals surface area contributed by atoms with Crippen LogP contribution >= 0.6 is 0 Å². The summed E-state index contributed by atoms with van der Waals surface area (Å²) in [6.45, 7) is 4.46. The molecular weight excluding hydrogens is 236 g/mol. The smallest absolute Gasteiger partial charge is 0.193 e. The standard InChI is InChI=1S/C15H30N4/c1-16-15(19-11-6-7-12-19)17-10-13-18(2)14-8-4-3-5-9-14/h14H,3-13H2,1-2H3,(H,16,17). The Labute approximate surface area is 118 Å². The van der Waals surface area contributed by atoms with Crippen molar-refractivity contribution in [3.63, 3.8) is 0 Å². The van der Waals surface area contributed by atoms with Crippen molar-refractivity contribution >= 4 is 5.96 Å². The molecule has 19 heavy (non-hydrogen) atoms. The number of likely N-dealkylation sites (tertiary alicyclic amines) is 1. The molecule has 0 aromatic carbocycles. The molecule has 0 aromatic heterocycles. The maximum absolute atomic E-state index is 4.39. The van der Waals surface area contributed by atoms with Crippen LogP contribution in [-0.4, -0.2) is 62.1 Å². The van der Waals surface area contributed by atoms with E-state index in [1.54, 1.807) is 0 Å². The van der Waals surface area contributed by atoms with Crippen molar-refractivity contribution in [2.24, 2.45) is 4.99 Å². The molecule has 0 aromatic rings. The lowest BCUT2D eigenvalue weighted by Gasteiger charge is -2.31. The largest absolute Gasteiger partial charge is 0.355 e. The van der Waals surface area contributed by atoms with E-state index in [0.29, 0.717) is 0 Å². The second-order valence-corrected chi connectivity index (χ2v) is 5.94. The maximum Gasteiger partial charge on any atom is 0.193 e. The van der Waals surface area contributed by atoms with E-state index >= 15 is 0 Å². The average molecular weight is 266 g/mol. The van der Waals surface area contributed by atoms with Crippen LogP contribution in [0.5, 0.6) is 0 Å². The monoisotopic (exact) mass is 266 g/mol. The van der Waals surface area contributed by atoms with Crippen molar-refractivity contribution in [1.82, 2.24) is 15.1 Å². The Bertz CT molecular complexity index is 278. The lowest BCUT2D eigenvalue weighted by atomic mass is 9.94. The molecule has 1 aliphatic carbocycles. The SMILES string of the molecule is CN=C(NCCN(C)C1CCCCC1)N1CCCC1. The zero-order valence-electron chi connectivity index (χ0n) is 12.7. The van der Waals surface area contributed by atoms with Crippen molar-refractivity contribution in [1.29, 1.82) is 0 Å². The third-order valence-corrected chi connectivity index (χ3v) is 4.56. The molecule has 0 unspecified atom stereocenters. The summed E-state index contributed by atoms with van der Waals surface area (Å²) in [5, 5.41) is 3.52. The Morgan fingerprint density at radius 3 is 2.47 bits per heavy atom. The molecule has 2 rings (SSSR count).